The van der Waals surface area contributed by atoms with Gasteiger partial charge in [-0.1, -0.05) is 0 Å². The van der Waals surface area contributed by atoms with Crippen LogP contribution >= 0.6 is 0 Å². The minimum atomic E-state index is -2.36. The Labute approximate surface area is 75.5 Å². The van der Waals surface area contributed by atoms with Crippen molar-refractivity contribution < 1.29 is 39.5 Å². The fourth-order valence-corrected chi connectivity index (χ4v) is 0. The molecule has 0 saturated heterocycles. The van der Waals surface area contributed by atoms with Gasteiger partial charge in [0, 0.05) is 0 Å². The summed E-state index contributed by atoms with van der Waals surface area (Å²) in [5.74, 6) is 0. The van der Waals surface area contributed by atoms with Gasteiger partial charge in [-0.05, 0) is 10.9 Å². The van der Waals surface area contributed by atoms with Crippen LogP contribution in [0, 0.1) is 37.5 Å². The van der Waals surface area contributed by atoms with Crippen LogP contribution in [0.1, 0.15) is 13.8 Å². The zero-order valence-corrected chi connectivity index (χ0v) is 9.86. The predicted octanol–water partition coefficient (Wildman–Crippen LogP) is 0.400. The Bertz CT molecular complexity index is 75.4. The van der Waals surface area contributed by atoms with E-state index in [1.807, 2.05) is 20.3 Å². The van der Waals surface area contributed by atoms with Gasteiger partial charge in [0.2, 0.25) is 0 Å². The Morgan fingerprint density at radius 2 is 1.38 bits per heavy atom. The molecule has 0 bridgehead atoms. The van der Waals surface area contributed by atoms with Crippen LogP contribution in [-0.2, 0) is 19.3 Å². The largest absolute Gasteiger partial charge is 2.00 e. The third-order valence-corrected chi connectivity index (χ3v) is 0. The van der Waals surface area contributed by atoms with Gasteiger partial charge < -0.3 is 20.0 Å². The predicted molar refractivity (Wildman–Crippen MR) is 28.6 cm³/mol. The molecule has 0 aromatic carbocycles. The summed E-state index contributed by atoms with van der Waals surface area (Å²) in [6, 6.07) is 0. The molecule has 0 rings (SSSR count). The van der Waals surface area contributed by atoms with Crippen molar-refractivity contribution in [1.29, 1.82) is 0 Å². The molecule has 0 saturated carbocycles. The molecule has 0 heterocycles. The molecule has 0 aromatic heterocycles. The molecule has 0 aromatic rings. The van der Waals surface area contributed by atoms with Gasteiger partial charge in [0.25, 0.3) is 0 Å². The van der Waals surface area contributed by atoms with Crippen molar-refractivity contribution in [3.05, 3.63) is 6.42 Å². The Hall–Kier alpha value is 0.962. The molecule has 0 aliphatic carbocycles. The number of rotatable bonds is 0. The van der Waals surface area contributed by atoms with E-state index < -0.39 is 10.9 Å². The number of hydrogen-bond donors (Lipinski definition) is 1. The monoisotopic (exact) mass is 361 g/mol. The van der Waals surface area contributed by atoms with Crippen molar-refractivity contribution in [2.45, 2.75) is 13.8 Å². The van der Waals surface area contributed by atoms with Crippen molar-refractivity contribution in [1.82, 2.24) is 0 Å². The average molecular weight is 361 g/mol. The van der Waals surface area contributed by atoms with Crippen molar-refractivity contribution >= 4 is 10.9 Å². The van der Waals surface area contributed by atoms with E-state index in [2.05, 4.69) is 5.14 Å². The average Bonchev–Trinajstić information content (AvgIpc) is 1.33. The first kappa shape index (κ1) is 16.0. The van der Waals surface area contributed by atoms with Crippen LogP contribution in [-0.4, -0.2) is 0 Å². The summed E-state index contributed by atoms with van der Waals surface area (Å²) < 4.78 is 17.6. The Balaban J connectivity index is -0.0000000575. The summed E-state index contributed by atoms with van der Waals surface area (Å²) in [6.07, 6.45) is 2.00. The van der Waals surface area contributed by atoms with E-state index in [-0.39, 0.29) is 31.1 Å². The maximum Gasteiger partial charge on any atom is 2.00 e. The normalized spacial score (nSPS) is 6.50. The Kier molecular flexibility index (Phi) is 31.3. The first-order valence-corrected chi connectivity index (χ1v) is 2.86. The zero-order chi connectivity index (χ0) is 6.28. The second-order valence-corrected chi connectivity index (χ2v) is 1.36. The molecule has 0 aliphatic heterocycles. The molecule has 0 atom stereocenters. The molecule has 0 amide bonds. The van der Waals surface area contributed by atoms with E-state index in [1.165, 1.54) is 0 Å². The molecule has 8 heavy (non-hydrogen) atoms. The summed E-state index contributed by atoms with van der Waals surface area (Å²) in [7, 11) is -2.36. The smallest absolute Gasteiger partial charge is 0.409 e. The molecule has 0 unspecified atom stereocenters. The van der Waals surface area contributed by atoms with E-state index in [4.69, 9.17) is 8.42 Å². The first-order valence-electron chi connectivity index (χ1n) is 1.72. The topological polar surface area (TPSA) is 60.2 Å². The van der Waals surface area contributed by atoms with Crippen LogP contribution in [0.2, 0.25) is 0 Å². The summed E-state index contributed by atoms with van der Waals surface area (Å²) >= 11 is 0. The molecule has 5 heteroatoms. The summed E-state index contributed by atoms with van der Waals surface area (Å²) in [5, 5.41) is 4.03. The van der Waals surface area contributed by atoms with Gasteiger partial charge in [-0.15, -0.1) is 0 Å². The van der Waals surface area contributed by atoms with Crippen LogP contribution < -0.4 is 5.14 Å². The van der Waals surface area contributed by atoms with Gasteiger partial charge in [0.05, 0.1) is 0 Å². The molecular weight excluding hydrogens is 352 g/mol. The summed E-state index contributed by atoms with van der Waals surface area (Å²) in [6.45, 7) is 4.00. The molecule has 0 aliphatic rings. The standard InChI is InChI=1S/C3H7.H2NO2S.U/c1-3-2;1-4(2)3;/h3H,1-2H3;(H2,1,2,3);/q2*-1;+2. The van der Waals surface area contributed by atoms with Crippen molar-refractivity contribution in [3.63, 3.8) is 0 Å². The fourth-order valence-electron chi connectivity index (χ4n) is 0. The SMILES string of the molecule is C[CH-]C.N[S-](=O)=O.[U+2]. The third-order valence-electron chi connectivity index (χ3n) is 0. The molecule has 48 valence electrons. The molecule has 0 radical (unpaired) electrons. The Morgan fingerprint density at radius 1 is 1.38 bits per heavy atom. The van der Waals surface area contributed by atoms with Crippen LogP contribution in [0.15, 0.2) is 0 Å². The number of nitrogens with two attached hydrogens (primary N) is 1. The van der Waals surface area contributed by atoms with E-state index in [0.717, 1.165) is 0 Å². The van der Waals surface area contributed by atoms with Crippen LogP contribution in [0.5, 0.6) is 0 Å². The molecular formula is C3H9NO2SU. The molecule has 3 nitrogen and oxygen atoms in total. The van der Waals surface area contributed by atoms with Crippen molar-refractivity contribution in [2.24, 2.45) is 5.14 Å². The second-order valence-electron chi connectivity index (χ2n) is 0.838. The first-order chi connectivity index (χ1) is 3.15. The van der Waals surface area contributed by atoms with Gasteiger partial charge in [-0.2, -0.15) is 13.8 Å². The van der Waals surface area contributed by atoms with Crippen LogP contribution in [0.25, 0.3) is 0 Å². The van der Waals surface area contributed by atoms with Crippen LogP contribution in [0.3, 0.4) is 0 Å². The molecule has 2 N–H and O–H groups in total. The maximum atomic E-state index is 8.78. The van der Waals surface area contributed by atoms with Gasteiger partial charge in [0.1, 0.15) is 0 Å². The van der Waals surface area contributed by atoms with E-state index in [0.29, 0.717) is 0 Å². The summed E-state index contributed by atoms with van der Waals surface area (Å²) in [5.41, 5.74) is 0. The van der Waals surface area contributed by atoms with Crippen molar-refractivity contribution in [3.8, 4) is 0 Å². The van der Waals surface area contributed by atoms with Crippen LogP contribution in [0.4, 0.5) is 0 Å². The second kappa shape index (κ2) is 15.7. The molecule has 0 spiro atoms. The van der Waals surface area contributed by atoms with Gasteiger partial charge in [-0.3, -0.25) is 0 Å². The Morgan fingerprint density at radius 3 is 1.38 bits per heavy atom. The van der Waals surface area contributed by atoms with Crippen molar-refractivity contribution in [2.75, 3.05) is 0 Å². The van der Waals surface area contributed by atoms with E-state index >= 15 is 0 Å². The van der Waals surface area contributed by atoms with Gasteiger partial charge in [-0.25, -0.2) is 0 Å². The van der Waals surface area contributed by atoms with E-state index in [1.54, 1.807) is 0 Å². The fraction of sp³-hybridized carbons (Fsp3) is 0.667. The third kappa shape index (κ3) is 267. The van der Waals surface area contributed by atoms with E-state index in [9.17, 15) is 0 Å². The minimum absolute atomic E-state index is 0. The van der Waals surface area contributed by atoms with Gasteiger partial charge >= 0.3 is 31.1 Å². The quantitative estimate of drug-likeness (QED) is 0.502. The summed E-state index contributed by atoms with van der Waals surface area (Å²) in [4.78, 5) is 0. The zero-order valence-electron chi connectivity index (χ0n) is 4.88. The maximum absolute atomic E-state index is 8.78. The van der Waals surface area contributed by atoms with Gasteiger partial charge in [0.15, 0.2) is 0 Å². The number of hydrogen-bond acceptors (Lipinski definition) is 3. The molecule has 0 fully saturated rings. The minimum Gasteiger partial charge on any atom is -0.409 e.